The van der Waals surface area contributed by atoms with Gasteiger partial charge in [-0.2, -0.15) is 0 Å². The Morgan fingerprint density at radius 2 is 1.43 bits per heavy atom. The molecular formula is C28H20N4O5. The lowest BCUT2D eigenvalue weighted by Crippen LogP contribution is -2.30. The summed E-state index contributed by atoms with van der Waals surface area (Å²) in [5, 5.41) is 5.63. The molecular weight excluding hydrogens is 472 g/mol. The second-order valence-electron chi connectivity index (χ2n) is 8.28. The highest BCUT2D eigenvalue weighted by molar-refractivity contribution is 6.28. The number of esters is 1. The summed E-state index contributed by atoms with van der Waals surface area (Å²) >= 11 is 0. The van der Waals surface area contributed by atoms with Crippen LogP contribution in [0.3, 0.4) is 0 Å². The lowest BCUT2D eigenvalue weighted by Gasteiger charge is -2.19. The average Bonchev–Trinajstić information content (AvgIpc) is 2.92. The summed E-state index contributed by atoms with van der Waals surface area (Å²) in [5.41, 5.74) is 2.27. The third-order valence-electron chi connectivity index (χ3n) is 5.77. The van der Waals surface area contributed by atoms with E-state index in [0.717, 1.165) is 0 Å². The van der Waals surface area contributed by atoms with Crippen molar-refractivity contribution in [3.63, 3.8) is 0 Å². The normalized spacial score (nSPS) is 12.7. The molecule has 5 rings (SSSR count). The number of nitrogens with one attached hydrogen (secondary N) is 2. The Morgan fingerprint density at radius 3 is 2.16 bits per heavy atom. The lowest BCUT2D eigenvalue weighted by atomic mass is 9.84. The molecule has 0 fully saturated rings. The first-order chi connectivity index (χ1) is 17.9. The smallest absolute Gasteiger partial charge is 0.338 e. The van der Waals surface area contributed by atoms with E-state index in [4.69, 9.17) is 4.74 Å². The lowest BCUT2D eigenvalue weighted by molar-refractivity contribution is -0.123. The summed E-state index contributed by atoms with van der Waals surface area (Å²) in [7, 11) is 0. The number of benzene rings is 3. The van der Waals surface area contributed by atoms with Gasteiger partial charge in [0.1, 0.15) is 0 Å². The molecule has 1 aliphatic rings. The van der Waals surface area contributed by atoms with Crippen LogP contribution in [-0.2, 0) is 9.53 Å². The molecule has 1 aliphatic carbocycles. The van der Waals surface area contributed by atoms with Crippen molar-refractivity contribution in [1.29, 1.82) is 0 Å². The van der Waals surface area contributed by atoms with E-state index in [9.17, 15) is 19.2 Å². The molecule has 1 atom stereocenters. The van der Waals surface area contributed by atoms with E-state index in [0.29, 0.717) is 28.5 Å². The van der Waals surface area contributed by atoms with E-state index in [1.807, 2.05) is 0 Å². The number of ketones is 2. The van der Waals surface area contributed by atoms with Crippen molar-refractivity contribution in [2.45, 2.75) is 13.0 Å². The van der Waals surface area contributed by atoms with Crippen LogP contribution in [0.5, 0.6) is 0 Å². The summed E-state index contributed by atoms with van der Waals surface area (Å²) < 4.78 is 5.34. The number of hydrogen-bond acceptors (Lipinski definition) is 8. The molecule has 1 amide bonds. The van der Waals surface area contributed by atoms with Crippen LogP contribution in [0.2, 0.25) is 0 Å². The molecule has 1 aromatic heterocycles. The van der Waals surface area contributed by atoms with Gasteiger partial charge >= 0.3 is 5.97 Å². The van der Waals surface area contributed by atoms with Crippen molar-refractivity contribution < 1.29 is 23.9 Å². The number of ether oxygens (including phenoxy) is 1. The van der Waals surface area contributed by atoms with Gasteiger partial charge in [0.2, 0.25) is 5.95 Å². The minimum Gasteiger partial charge on any atom is -0.449 e. The Morgan fingerprint density at radius 1 is 0.757 bits per heavy atom. The first-order valence-corrected chi connectivity index (χ1v) is 11.4. The van der Waals surface area contributed by atoms with Crippen molar-refractivity contribution in [2.24, 2.45) is 0 Å². The minimum absolute atomic E-state index is 0.206. The Bertz CT molecular complexity index is 1550. The van der Waals surface area contributed by atoms with Crippen LogP contribution in [-0.4, -0.2) is 39.5 Å². The predicted molar refractivity (Wildman–Crippen MR) is 135 cm³/mol. The number of carbonyl (C=O) groups excluding carboxylic acids is 4. The fourth-order valence-corrected chi connectivity index (χ4v) is 3.92. The van der Waals surface area contributed by atoms with Crippen LogP contribution in [0.25, 0.3) is 0 Å². The minimum atomic E-state index is -1.13. The summed E-state index contributed by atoms with van der Waals surface area (Å²) in [6, 6.07) is 19.3. The van der Waals surface area contributed by atoms with Gasteiger partial charge in [0, 0.05) is 46.0 Å². The van der Waals surface area contributed by atoms with Crippen molar-refractivity contribution in [3.8, 4) is 0 Å². The molecule has 0 saturated heterocycles. The molecule has 0 bridgehead atoms. The topological polar surface area (TPSA) is 127 Å². The van der Waals surface area contributed by atoms with Gasteiger partial charge in [-0.15, -0.1) is 0 Å². The van der Waals surface area contributed by atoms with Crippen molar-refractivity contribution >= 4 is 40.8 Å². The molecule has 0 aliphatic heterocycles. The summed E-state index contributed by atoms with van der Waals surface area (Å²) in [6.07, 6.45) is 2.04. The zero-order chi connectivity index (χ0) is 25.9. The molecule has 4 aromatic rings. The Kier molecular flexibility index (Phi) is 6.25. The highest BCUT2D eigenvalue weighted by Gasteiger charge is 2.29. The Hall–Kier alpha value is -5.18. The van der Waals surface area contributed by atoms with Crippen LogP contribution in [0, 0.1) is 0 Å². The largest absolute Gasteiger partial charge is 0.449 e. The Balaban J connectivity index is 1.26. The van der Waals surface area contributed by atoms with Gasteiger partial charge in [-0.3, -0.25) is 14.4 Å². The third-order valence-corrected chi connectivity index (χ3v) is 5.77. The molecule has 2 N–H and O–H groups in total. The molecule has 9 heteroatoms. The van der Waals surface area contributed by atoms with E-state index in [1.165, 1.54) is 25.1 Å². The van der Waals surface area contributed by atoms with E-state index in [2.05, 4.69) is 20.6 Å². The molecule has 0 radical (unpaired) electrons. The number of carbonyl (C=O) groups is 4. The standard InChI is InChI=1S/C28H20N4O5/c1-16(37-27(36)17-6-4-7-18(14-17)32-28-29-12-5-13-30-28)26(35)31-19-10-11-22-23(15-19)25(34)21-9-3-2-8-20(21)24(22)33/h2-16H,1H3,(H,31,35)(H,29,30,32). The molecule has 182 valence electrons. The number of nitrogens with zero attached hydrogens (tertiary/aromatic N) is 2. The molecule has 0 saturated carbocycles. The van der Waals surface area contributed by atoms with Gasteiger partial charge in [0.15, 0.2) is 17.7 Å². The van der Waals surface area contributed by atoms with Crippen LogP contribution in [0.15, 0.2) is 85.2 Å². The highest BCUT2D eigenvalue weighted by Crippen LogP contribution is 2.29. The Labute approximate surface area is 211 Å². The molecule has 1 unspecified atom stereocenters. The highest BCUT2D eigenvalue weighted by atomic mass is 16.5. The number of amides is 1. The van der Waals surface area contributed by atoms with Gasteiger partial charge in [-0.25, -0.2) is 14.8 Å². The predicted octanol–water partition coefficient (Wildman–Crippen LogP) is 4.18. The monoisotopic (exact) mass is 492 g/mol. The molecule has 37 heavy (non-hydrogen) atoms. The number of fused-ring (bicyclic) bond motifs is 2. The van der Waals surface area contributed by atoms with Crippen LogP contribution >= 0.6 is 0 Å². The van der Waals surface area contributed by atoms with Crippen molar-refractivity contribution in [2.75, 3.05) is 10.6 Å². The number of rotatable bonds is 6. The maximum absolute atomic E-state index is 12.9. The van der Waals surface area contributed by atoms with Crippen molar-refractivity contribution in [3.05, 3.63) is 113 Å². The fourth-order valence-electron chi connectivity index (χ4n) is 3.92. The first kappa shape index (κ1) is 23.6. The molecule has 9 nitrogen and oxygen atoms in total. The summed E-state index contributed by atoms with van der Waals surface area (Å²) in [4.78, 5) is 59.2. The fraction of sp³-hybridized carbons (Fsp3) is 0.0714. The molecule has 3 aromatic carbocycles. The van der Waals surface area contributed by atoms with Crippen LogP contribution in [0.1, 0.15) is 49.1 Å². The average molecular weight is 492 g/mol. The quantitative estimate of drug-likeness (QED) is 0.338. The van der Waals surface area contributed by atoms with Crippen LogP contribution < -0.4 is 10.6 Å². The van der Waals surface area contributed by atoms with Gasteiger partial charge in [-0.1, -0.05) is 30.3 Å². The second-order valence-corrected chi connectivity index (χ2v) is 8.28. The zero-order valence-electron chi connectivity index (χ0n) is 19.6. The number of aromatic nitrogens is 2. The SMILES string of the molecule is CC(OC(=O)c1cccc(Nc2ncccn2)c1)C(=O)Nc1ccc2c(c1)C(=O)c1ccccc1C2=O. The maximum atomic E-state index is 12.9. The van der Waals surface area contributed by atoms with E-state index in [1.54, 1.807) is 67.0 Å². The van der Waals surface area contributed by atoms with Crippen molar-refractivity contribution in [1.82, 2.24) is 9.97 Å². The van der Waals surface area contributed by atoms with E-state index < -0.39 is 18.0 Å². The number of anilines is 3. The van der Waals surface area contributed by atoms with Gasteiger partial charge in [0.25, 0.3) is 5.91 Å². The van der Waals surface area contributed by atoms with E-state index >= 15 is 0 Å². The molecule has 1 heterocycles. The van der Waals surface area contributed by atoms with Gasteiger partial charge < -0.3 is 15.4 Å². The maximum Gasteiger partial charge on any atom is 0.338 e. The number of hydrogen-bond donors (Lipinski definition) is 2. The third kappa shape index (κ3) is 4.83. The van der Waals surface area contributed by atoms with Crippen LogP contribution in [0.4, 0.5) is 17.3 Å². The van der Waals surface area contributed by atoms with Gasteiger partial charge in [-0.05, 0) is 49.4 Å². The summed E-state index contributed by atoms with van der Waals surface area (Å²) in [6.45, 7) is 1.44. The van der Waals surface area contributed by atoms with E-state index in [-0.39, 0.29) is 28.3 Å². The summed E-state index contributed by atoms with van der Waals surface area (Å²) in [5.74, 6) is -1.45. The van der Waals surface area contributed by atoms with Gasteiger partial charge in [0.05, 0.1) is 5.56 Å². The zero-order valence-corrected chi connectivity index (χ0v) is 19.6. The molecule has 0 spiro atoms. The second kappa shape index (κ2) is 9.82. The first-order valence-electron chi connectivity index (χ1n) is 11.4.